The molecule has 0 fully saturated rings. The molecule has 1 heterocycles. The quantitative estimate of drug-likeness (QED) is 0.820. The number of hydrogen-bond acceptors (Lipinski definition) is 5. The van der Waals surface area contributed by atoms with Gasteiger partial charge < -0.3 is 10.1 Å². The average Bonchev–Trinajstić information content (AvgIpc) is 2.95. The average molecular weight is 362 g/mol. The molecule has 2 rings (SSSR count). The largest absolute Gasteiger partial charge is 0.434 e. The van der Waals surface area contributed by atoms with Crippen LogP contribution >= 0.6 is 11.3 Å². The Morgan fingerprint density at radius 3 is 2.65 bits per heavy atom. The molecule has 0 unspecified atom stereocenters. The molecule has 124 valence electrons. The first-order chi connectivity index (χ1) is 10.8. The molecule has 0 saturated heterocycles. The molecule has 1 aromatic carbocycles. The molecular weight excluding hydrogens is 350 g/mol. The Labute approximate surface area is 134 Å². The monoisotopic (exact) mass is 362 g/mol. The number of para-hydroxylation sites is 1. The Morgan fingerprint density at radius 2 is 2.04 bits per heavy atom. The van der Waals surface area contributed by atoms with Crippen LogP contribution in [-0.4, -0.2) is 20.9 Å². The lowest BCUT2D eigenvalue weighted by Crippen LogP contribution is -2.23. The lowest BCUT2D eigenvalue weighted by Gasteiger charge is -2.11. The second-order valence-electron chi connectivity index (χ2n) is 4.37. The van der Waals surface area contributed by atoms with Gasteiger partial charge in [-0.25, -0.2) is 13.6 Å². The number of nitrogens with one attached hydrogen (secondary N) is 1. The van der Waals surface area contributed by atoms with E-state index in [1.807, 2.05) is 0 Å². The maximum absolute atomic E-state index is 12.3. The molecule has 2 aromatic rings. The minimum absolute atomic E-state index is 0.0432. The highest BCUT2D eigenvalue weighted by Crippen LogP contribution is 2.21. The van der Waals surface area contributed by atoms with Gasteiger partial charge in [-0.2, -0.15) is 8.78 Å². The topological polar surface area (TPSA) is 98.5 Å². The SMILES string of the molecule is NS(=O)(=O)c1cc(C(=O)NCc2ccccc2OC(F)F)cs1. The Kier molecular flexibility index (Phi) is 5.29. The molecule has 1 amide bonds. The number of thiophene rings is 1. The highest BCUT2D eigenvalue weighted by molar-refractivity contribution is 7.91. The number of hydrogen-bond donors (Lipinski definition) is 2. The molecule has 0 aliphatic heterocycles. The smallest absolute Gasteiger partial charge is 0.387 e. The van der Waals surface area contributed by atoms with Crippen LogP contribution in [0.2, 0.25) is 0 Å². The van der Waals surface area contributed by atoms with Gasteiger partial charge in [-0.05, 0) is 12.1 Å². The van der Waals surface area contributed by atoms with Gasteiger partial charge in [0.2, 0.25) is 10.0 Å². The number of rotatable bonds is 6. The number of alkyl halides is 2. The van der Waals surface area contributed by atoms with Crippen LogP contribution in [0.5, 0.6) is 5.75 Å². The first-order valence-electron chi connectivity index (χ1n) is 6.19. The van der Waals surface area contributed by atoms with Crippen LogP contribution in [0.15, 0.2) is 39.9 Å². The van der Waals surface area contributed by atoms with E-state index in [0.29, 0.717) is 5.56 Å². The zero-order chi connectivity index (χ0) is 17.0. The van der Waals surface area contributed by atoms with Crippen molar-refractivity contribution in [1.82, 2.24) is 5.32 Å². The van der Waals surface area contributed by atoms with Gasteiger partial charge in [0.25, 0.3) is 5.91 Å². The Bertz CT molecular complexity index is 806. The summed E-state index contributed by atoms with van der Waals surface area (Å²) in [6, 6.07) is 7.18. The van der Waals surface area contributed by atoms with E-state index in [-0.39, 0.29) is 22.1 Å². The van der Waals surface area contributed by atoms with E-state index in [4.69, 9.17) is 5.14 Å². The van der Waals surface area contributed by atoms with Gasteiger partial charge in [0.1, 0.15) is 9.96 Å². The second kappa shape index (κ2) is 7.02. The number of benzene rings is 1. The maximum Gasteiger partial charge on any atom is 0.387 e. The van der Waals surface area contributed by atoms with E-state index in [2.05, 4.69) is 10.1 Å². The second-order valence-corrected chi connectivity index (χ2v) is 7.07. The van der Waals surface area contributed by atoms with Gasteiger partial charge in [0.05, 0.1) is 5.56 Å². The molecule has 0 spiro atoms. The molecular formula is C13H12F2N2O4S2. The van der Waals surface area contributed by atoms with Crippen molar-refractivity contribution in [1.29, 1.82) is 0 Å². The minimum Gasteiger partial charge on any atom is -0.434 e. The Balaban J connectivity index is 2.06. The number of carbonyl (C=O) groups excluding carboxylic acids is 1. The molecule has 0 atom stereocenters. The summed E-state index contributed by atoms with van der Waals surface area (Å²) in [5, 5.41) is 8.81. The number of sulfonamides is 1. The van der Waals surface area contributed by atoms with Crippen molar-refractivity contribution in [3.8, 4) is 5.75 Å². The maximum atomic E-state index is 12.3. The van der Waals surface area contributed by atoms with E-state index in [1.54, 1.807) is 6.07 Å². The minimum atomic E-state index is -3.87. The van der Waals surface area contributed by atoms with Crippen LogP contribution in [0.1, 0.15) is 15.9 Å². The van der Waals surface area contributed by atoms with Crippen molar-refractivity contribution >= 4 is 27.3 Å². The summed E-state index contributed by atoms with van der Waals surface area (Å²) in [5.41, 5.74) is 0.481. The fourth-order valence-corrected chi connectivity index (χ4v) is 3.31. The van der Waals surface area contributed by atoms with Crippen molar-refractivity contribution in [2.24, 2.45) is 5.14 Å². The van der Waals surface area contributed by atoms with Crippen LogP contribution in [0.25, 0.3) is 0 Å². The fourth-order valence-electron chi connectivity index (χ4n) is 1.72. The van der Waals surface area contributed by atoms with Gasteiger partial charge >= 0.3 is 6.61 Å². The zero-order valence-electron chi connectivity index (χ0n) is 11.5. The molecule has 0 aliphatic rings. The summed E-state index contributed by atoms with van der Waals surface area (Å²) in [7, 11) is -3.87. The van der Waals surface area contributed by atoms with Crippen molar-refractivity contribution < 1.29 is 26.7 Å². The molecule has 23 heavy (non-hydrogen) atoms. The van der Waals surface area contributed by atoms with Crippen LogP contribution in [0, 0.1) is 0 Å². The van der Waals surface area contributed by atoms with Crippen LogP contribution in [0.4, 0.5) is 8.78 Å². The van der Waals surface area contributed by atoms with Crippen molar-refractivity contribution in [3.05, 3.63) is 46.8 Å². The van der Waals surface area contributed by atoms with E-state index in [1.165, 1.54) is 23.6 Å². The number of carbonyl (C=O) groups is 1. The summed E-state index contributed by atoms with van der Waals surface area (Å²) < 4.78 is 51.2. The summed E-state index contributed by atoms with van der Waals surface area (Å²) in [5.74, 6) is -0.596. The van der Waals surface area contributed by atoms with E-state index in [0.717, 1.165) is 17.4 Å². The highest BCUT2D eigenvalue weighted by Gasteiger charge is 2.16. The number of nitrogens with two attached hydrogens (primary N) is 1. The predicted octanol–water partition coefficient (Wildman–Crippen LogP) is 1.93. The number of halogens is 2. The Morgan fingerprint density at radius 1 is 1.35 bits per heavy atom. The number of amides is 1. The summed E-state index contributed by atoms with van der Waals surface area (Å²) in [6.07, 6.45) is 0. The molecule has 0 saturated carbocycles. The third-order valence-electron chi connectivity index (χ3n) is 2.75. The van der Waals surface area contributed by atoms with Crippen LogP contribution in [-0.2, 0) is 16.6 Å². The summed E-state index contributed by atoms with van der Waals surface area (Å²) in [6.45, 7) is -3.02. The molecule has 0 bridgehead atoms. The third-order valence-corrected chi connectivity index (χ3v) is 5.13. The first kappa shape index (κ1) is 17.3. The molecule has 3 N–H and O–H groups in total. The van der Waals surface area contributed by atoms with Gasteiger partial charge in [-0.3, -0.25) is 4.79 Å². The predicted molar refractivity (Wildman–Crippen MR) is 79.9 cm³/mol. The van der Waals surface area contributed by atoms with E-state index in [9.17, 15) is 22.0 Å². The normalized spacial score (nSPS) is 11.5. The third kappa shape index (κ3) is 4.71. The van der Waals surface area contributed by atoms with Crippen LogP contribution in [0.3, 0.4) is 0 Å². The van der Waals surface area contributed by atoms with Gasteiger partial charge in [0.15, 0.2) is 0 Å². The highest BCUT2D eigenvalue weighted by atomic mass is 32.2. The Hall–Kier alpha value is -2.04. The van der Waals surface area contributed by atoms with E-state index < -0.39 is 22.5 Å². The van der Waals surface area contributed by atoms with Crippen LogP contribution < -0.4 is 15.2 Å². The molecule has 6 nitrogen and oxygen atoms in total. The summed E-state index contributed by atoms with van der Waals surface area (Å²) >= 11 is 0.820. The summed E-state index contributed by atoms with van der Waals surface area (Å²) in [4.78, 5) is 12.0. The van der Waals surface area contributed by atoms with Gasteiger partial charge in [-0.15, -0.1) is 11.3 Å². The van der Waals surface area contributed by atoms with Crippen molar-refractivity contribution in [2.75, 3.05) is 0 Å². The van der Waals surface area contributed by atoms with Gasteiger partial charge in [-0.1, -0.05) is 18.2 Å². The lowest BCUT2D eigenvalue weighted by molar-refractivity contribution is -0.0504. The standard InChI is InChI=1S/C13H12F2N2O4S2/c14-13(15)21-10-4-2-1-3-8(10)6-17-12(18)9-5-11(22-7-9)23(16,19)20/h1-5,7,13H,6H2,(H,17,18)(H2,16,19,20). The number of primary sulfonamides is 1. The van der Waals surface area contributed by atoms with Gasteiger partial charge in [0, 0.05) is 17.5 Å². The molecule has 1 aromatic heterocycles. The molecule has 10 heteroatoms. The zero-order valence-corrected chi connectivity index (χ0v) is 13.2. The fraction of sp³-hybridized carbons (Fsp3) is 0.154. The number of ether oxygens (including phenoxy) is 1. The lowest BCUT2D eigenvalue weighted by atomic mass is 10.2. The van der Waals surface area contributed by atoms with E-state index >= 15 is 0 Å². The van der Waals surface area contributed by atoms with Crippen molar-refractivity contribution in [2.45, 2.75) is 17.4 Å². The van der Waals surface area contributed by atoms with Crippen molar-refractivity contribution in [3.63, 3.8) is 0 Å². The molecule has 0 radical (unpaired) electrons. The first-order valence-corrected chi connectivity index (χ1v) is 8.62. The molecule has 0 aliphatic carbocycles.